The highest BCUT2D eigenvalue weighted by Crippen LogP contribution is 2.18. The number of hydrogen-bond acceptors (Lipinski definition) is 4. The summed E-state index contributed by atoms with van der Waals surface area (Å²) in [5, 5.41) is 3.69. The van der Waals surface area contributed by atoms with Gasteiger partial charge in [-0.2, -0.15) is 0 Å². The molecule has 0 fully saturated rings. The number of unbranched alkanes of at least 4 members (excludes halogenated alkanes) is 2. The molecule has 0 radical (unpaired) electrons. The van der Waals surface area contributed by atoms with E-state index in [0.29, 0.717) is 0 Å². The first-order chi connectivity index (χ1) is 10.3. The Morgan fingerprint density at radius 1 is 1.00 bits per heavy atom. The summed E-state index contributed by atoms with van der Waals surface area (Å²) < 4.78 is 0. The lowest BCUT2D eigenvalue weighted by Gasteiger charge is -2.32. The summed E-state index contributed by atoms with van der Waals surface area (Å²) in [4.78, 5) is 2.49. The molecule has 0 heterocycles. The zero-order chi connectivity index (χ0) is 15.3. The highest BCUT2D eigenvalue weighted by Gasteiger charge is 2.17. The van der Waals surface area contributed by atoms with E-state index in [0.717, 1.165) is 58.4 Å². The van der Waals surface area contributed by atoms with Crippen LogP contribution in [-0.2, 0) is 0 Å². The SMILES string of the molecule is CCN(CCCCN)C(NCCCCN)c1ccccc1. The van der Waals surface area contributed by atoms with Crippen LogP contribution in [0.25, 0.3) is 0 Å². The maximum Gasteiger partial charge on any atom is 0.0860 e. The van der Waals surface area contributed by atoms with Crippen molar-refractivity contribution in [2.45, 2.75) is 38.8 Å². The van der Waals surface area contributed by atoms with E-state index >= 15 is 0 Å². The van der Waals surface area contributed by atoms with Crippen LogP contribution >= 0.6 is 0 Å². The van der Waals surface area contributed by atoms with Crippen molar-refractivity contribution in [3.05, 3.63) is 35.9 Å². The molecule has 1 aromatic rings. The Hall–Kier alpha value is -0.940. The van der Waals surface area contributed by atoms with Crippen molar-refractivity contribution >= 4 is 0 Å². The Balaban J connectivity index is 2.64. The van der Waals surface area contributed by atoms with Crippen LogP contribution in [0.3, 0.4) is 0 Å². The zero-order valence-corrected chi connectivity index (χ0v) is 13.4. The summed E-state index contributed by atoms with van der Waals surface area (Å²) in [6.07, 6.45) is 4.73. The third kappa shape index (κ3) is 7.05. The molecule has 0 aliphatic rings. The van der Waals surface area contributed by atoms with Gasteiger partial charge in [0.15, 0.2) is 0 Å². The number of nitrogens with one attached hydrogen (secondary N) is 1. The van der Waals surface area contributed by atoms with Crippen molar-refractivity contribution in [2.75, 3.05) is 32.7 Å². The standard InChI is InChI=1S/C17H32N4/c1-2-21(15-9-7-13-19)17(20-14-8-6-12-18)16-10-4-3-5-11-16/h3-5,10-11,17,20H,2,6-9,12-15,18-19H2,1H3. The number of rotatable bonds is 12. The van der Waals surface area contributed by atoms with Gasteiger partial charge in [-0.3, -0.25) is 10.2 Å². The van der Waals surface area contributed by atoms with Gasteiger partial charge < -0.3 is 11.5 Å². The van der Waals surface area contributed by atoms with Crippen LogP contribution in [0, 0.1) is 0 Å². The molecule has 0 saturated carbocycles. The number of benzene rings is 1. The van der Waals surface area contributed by atoms with Crippen molar-refractivity contribution in [3.8, 4) is 0 Å². The lowest BCUT2D eigenvalue weighted by atomic mass is 10.1. The van der Waals surface area contributed by atoms with Crippen LogP contribution in [0.15, 0.2) is 30.3 Å². The van der Waals surface area contributed by atoms with Crippen molar-refractivity contribution in [1.29, 1.82) is 0 Å². The fourth-order valence-electron chi connectivity index (χ4n) is 2.53. The summed E-state index contributed by atoms with van der Waals surface area (Å²) in [5.41, 5.74) is 12.5. The average Bonchev–Trinajstić information content (AvgIpc) is 2.53. The van der Waals surface area contributed by atoms with E-state index in [1.54, 1.807) is 0 Å². The van der Waals surface area contributed by atoms with E-state index in [2.05, 4.69) is 47.5 Å². The van der Waals surface area contributed by atoms with Gasteiger partial charge in [0.25, 0.3) is 0 Å². The second-order valence-corrected chi connectivity index (χ2v) is 5.39. The topological polar surface area (TPSA) is 67.3 Å². The second kappa shape index (κ2) is 11.7. The van der Waals surface area contributed by atoms with Gasteiger partial charge >= 0.3 is 0 Å². The lowest BCUT2D eigenvalue weighted by molar-refractivity contribution is 0.170. The van der Waals surface area contributed by atoms with Gasteiger partial charge in [0.2, 0.25) is 0 Å². The summed E-state index contributed by atoms with van der Waals surface area (Å²) >= 11 is 0. The molecule has 0 bridgehead atoms. The molecule has 1 aromatic carbocycles. The Labute approximate surface area is 129 Å². The van der Waals surface area contributed by atoms with E-state index in [4.69, 9.17) is 11.5 Å². The minimum atomic E-state index is 0.284. The summed E-state index contributed by atoms with van der Waals surface area (Å²) in [6.45, 7) is 6.89. The molecule has 5 N–H and O–H groups in total. The average molecular weight is 292 g/mol. The molecule has 1 atom stereocenters. The largest absolute Gasteiger partial charge is 0.330 e. The van der Waals surface area contributed by atoms with Crippen LogP contribution in [-0.4, -0.2) is 37.6 Å². The Bertz CT molecular complexity index is 342. The normalized spacial score (nSPS) is 12.8. The van der Waals surface area contributed by atoms with E-state index in [-0.39, 0.29) is 6.17 Å². The van der Waals surface area contributed by atoms with Crippen LogP contribution in [0.2, 0.25) is 0 Å². The lowest BCUT2D eigenvalue weighted by Crippen LogP contribution is -2.39. The molecule has 4 heteroatoms. The maximum atomic E-state index is 5.61. The maximum absolute atomic E-state index is 5.61. The van der Waals surface area contributed by atoms with Crippen molar-refractivity contribution in [3.63, 3.8) is 0 Å². The van der Waals surface area contributed by atoms with Crippen LogP contribution in [0.4, 0.5) is 0 Å². The Morgan fingerprint density at radius 3 is 2.29 bits per heavy atom. The van der Waals surface area contributed by atoms with E-state index in [9.17, 15) is 0 Å². The summed E-state index contributed by atoms with van der Waals surface area (Å²) in [5.74, 6) is 0. The quantitative estimate of drug-likeness (QED) is 0.407. The van der Waals surface area contributed by atoms with Gasteiger partial charge in [-0.25, -0.2) is 0 Å². The highest BCUT2D eigenvalue weighted by molar-refractivity contribution is 5.18. The predicted molar refractivity (Wildman–Crippen MR) is 91.0 cm³/mol. The molecule has 1 unspecified atom stereocenters. The van der Waals surface area contributed by atoms with Crippen molar-refractivity contribution < 1.29 is 0 Å². The first kappa shape index (κ1) is 18.1. The van der Waals surface area contributed by atoms with Crippen LogP contribution in [0.5, 0.6) is 0 Å². The van der Waals surface area contributed by atoms with Gasteiger partial charge in [0.1, 0.15) is 0 Å². The van der Waals surface area contributed by atoms with Crippen molar-refractivity contribution in [2.24, 2.45) is 11.5 Å². The van der Waals surface area contributed by atoms with Crippen LogP contribution < -0.4 is 16.8 Å². The zero-order valence-electron chi connectivity index (χ0n) is 13.4. The van der Waals surface area contributed by atoms with E-state index in [1.807, 2.05) is 0 Å². The fourth-order valence-corrected chi connectivity index (χ4v) is 2.53. The van der Waals surface area contributed by atoms with Gasteiger partial charge in [0, 0.05) is 0 Å². The second-order valence-electron chi connectivity index (χ2n) is 5.39. The smallest absolute Gasteiger partial charge is 0.0860 e. The monoisotopic (exact) mass is 292 g/mol. The molecule has 4 nitrogen and oxygen atoms in total. The molecule has 0 aromatic heterocycles. The fraction of sp³-hybridized carbons (Fsp3) is 0.647. The summed E-state index contributed by atoms with van der Waals surface area (Å²) in [6, 6.07) is 10.7. The number of nitrogens with two attached hydrogens (primary N) is 2. The molecule has 0 aliphatic heterocycles. The van der Waals surface area contributed by atoms with E-state index in [1.165, 1.54) is 5.56 Å². The molecule has 0 amide bonds. The highest BCUT2D eigenvalue weighted by atomic mass is 15.3. The van der Waals surface area contributed by atoms with Gasteiger partial charge in [0.05, 0.1) is 6.17 Å². The van der Waals surface area contributed by atoms with Gasteiger partial charge in [-0.05, 0) is 64.0 Å². The minimum Gasteiger partial charge on any atom is -0.330 e. The molecule has 0 spiro atoms. The first-order valence-corrected chi connectivity index (χ1v) is 8.26. The van der Waals surface area contributed by atoms with Crippen LogP contribution in [0.1, 0.15) is 44.3 Å². The Morgan fingerprint density at radius 2 is 1.67 bits per heavy atom. The summed E-state index contributed by atoms with van der Waals surface area (Å²) in [7, 11) is 0. The minimum absolute atomic E-state index is 0.284. The molecular weight excluding hydrogens is 260 g/mol. The number of hydrogen-bond donors (Lipinski definition) is 3. The molecule has 0 saturated heterocycles. The van der Waals surface area contributed by atoms with Gasteiger partial charge in [-0.15, -0.1) is 0 Å². The van der Waals surface area contributed by atoms with Crippen molar-refractivity contribution in [1.82, 2.24) is 10.2 Å². The Kier molecular flexibility index (Phi) is 10.1. The van der Waals surface area contributed by atoms with Gasteiger partial charge in [-0.1, -0.05) is 37.3 Å². The number of nitrogens with zero attached hydrogens (tertiary/aromatic N) is 1. The molecule has 1 rings (SSSR count). The first-order valence-electron chi connectivity index (χ1n) is 8.26. The molecule has 21 heavy (non-hydrogen) atoms. The third-order valence-electron chi connectivity index (χ3n) is 3.75. The predicted octanol–water partition coefficient (Wildman–Crippen LogP) is 2.07. The third-order valence-corrected chi connectivity index (χ3v) is 3.75. The molecule has 120 valence electrons. The molecule has 0 aliphatic carbocycles. The molecular formula is C17H32N4. The van der Waals surface area contributed by atoms with E-state index < -0.39 is 0 Å².